The molecule has 0 aromatic heterocycles. The molecular formula is C8H8BrClO2. The van der Waals surface area contributed by atoms with Crippen LogP contribution in [0.3, 0.4) is 0 Å². The van der Waals surface area contributed by atoms with Crippen LogP contribution in [0.2, 0.25) is 5.02 Å². The minimum Gasteiger partial charge on any atom is -0.503 e. The Morgan fingerprint density at radius 1 is 1.58 bits per heavy atom. The van der Waals surface area contributed by atoms with Gasteiger partial charge in [-0.1, -0.05) is 11.6 Å². The first-order valence-corrected chi connectivity index (χ1v) is 4.46. The Labute approximate surface area is 84.2 Å². The molecule has 0 fully saturated rings. The Balaban J connectivity index is 3.39. The first-order chi connectivity index (χ1) is 5.57. The number of hydrogen-bond acceptors (Lipinski definition) is 2. The molecular weight excluding hydrogens is 243 g/mol. The number of halogens is 2. The minimum atomic E-state index is 0.0353. The second-order valence-electron chi connectivity index (χ2n) is 2.37. The summed E-state index contributed by atoms with van der Waals surface area (Å²) in [6.07, 6.45) is 0. The smallest absolute Gasteiger partial charge is 0.173 e. The molecule has 0 atom stereocenters. The van der Waals surface area contributed by atoms with E-state index in [2.05, 4.69) is 15.9 Å². The molecule has 66 valence electrons. The number of phenolic OH excluding ortho intramolecular Hbond substituents is 1. The Kier molecular flexibility index (Phi) is 2.85. The fourth-order valence-electron chi connectivity index (χ4n) is 0.869. The molecule has 1 aromatic rings. The van der Waals surface area contributed by atoms with Gasteiger partial charge in [-0.15, -0.1) is 0 Å². The predicted octanol–water partition coefficient (Wildman–Crippen LogP) is 3.13. The molecule has 1 rings (SSSR count). The molecule has 0 saturated heterocycles. The lowest BCUT2D eigenvalue weighted by Crippen LogP contribution is -1.87. The molecule has 0 radical (unpaired) electrons. The molecule has 0 spiro atoms. The van der Waals surface area contributed by atoms with Gasteiger partial charge in [-0.3, -0.25) is 0 Å². The van der Waals surface area contributed by atoms with Crippen LogP contribution in [-0.2, 0) is 0 Å². The normalized spacial score (nSPS) is 10.0. The second-order valence-corrected chi connectivity index (χ2v) is 3.54. The standard InChI is InChI=1S/C8H8BrClO2/c1-4-3-5(12-2)8(11)6(9)7(4)10/h3,11H,1-2H3. The Bertz CT molecular complexity index is 312. The summed E-state index contributed by atoms with van der Waals surface area (Å²) in [6.45, 7) is 1.84. The van der Waals surface area contributed by atoms with Crippen LogP contribution >= 0.6 is 27.5 Å². The number of phenols is 1. The fraction of sp³-hybridized carbons (Fsp3) is 0.250. The van der Waals surface area contributed by atoms with E-state index >= 15 is 0 Å². The average molecular weight is 252 g/mol. The summed E-state index contributed by atoms with van der Waals surface area (Å²) in [5.41, 5.74) is 0.859. The monoisotopic (exact) mass is 250 g/mol. The Hall–Kier alpha value is -0.410. The molecule has 4 heteroatoms. The van der Waals surface area contributed by atoms with Crippen molar-refractivity contribution < 1.29 is 9.84 Å². The van der Waals surface area contributed by atoms with E-state index in [1.807, 2.05) is 6.92 Å². The van der Waals surface area contributed by atoms with Crippen molar-refractivity contribution in [3.63, 3.8) is 0 Å². The lowest BCUT2D eigenvalue weighted by Gasteiger charge is -2.08. The van der Waals surface area contributed by atoms with E-state index in [1.165, 1.54) is 7.11 Å². The van der Waals surface area contributed by atoms with Gasteiger partial charge < -0.3 is 9.84 Å². The molecule has 0 aliphatic heterocycles. The number of hydrogen-bond donors (Lipinski definition) is 1. The summed E-state index contributed by atoms with van der Waals surface area (Å²) in [7, 11) is 1.49. The maximum atomic E-state index is 9.45. The van der Waals surface area contributed by atoms with Crippen molar-refractivity contribution >= 4 is 27.5 Å². The van der Waals surface area contributed by atoms with Crippen molar-refractivity contribution in [3.05, 3.63) is 21.1 Å². The van der Waals surface area contributed by atoms with Crippen LogP contribution in [0.1, 0.15) is 5.56 Å². The lowest BCUT2D eigenvalue weighted by atomic mass is 10.2. The molecule has 2 nitrogen and oxygen atoms in total. The Morgan fingerprint density at radius 3 is 2.67 bits per heavy atom. The van der Waals surface area contributed by atoms with Crippen molar-refractivity contribution in [2.24, 2.45) is 0 Å². The second kappa shape index (κ2) is 3.54. The van der Waals surface area contributed by atoms with Crippen LogP contribution in [0.4, 0.5) is 0 Å². The summed E-state index contributed by atoms with van der Waals surface area (Å²) in [6, 6.07) is 1.68. The van der Waals surface area contributed by atoms with Gasteiger partial charge in [0.1, 0.15) is 0 Å². The summed E-state index contributed by atoms with van der Waals surface area (Å²) in [5, 5.41) is 9.95. The van der Waals surface area contributed by atoms with Gasteiger partial charge in [-0.25, -0.2) is 0 Å². The molecule has 0 bridgehead atoms. The van der Waals surface area contributed by atoms with Gasteiger partial charge in [-0.2, -0.15) is 0 Å². The van der Waals surface area contributed by atoms with Gasteiger partial charge in [-0.05, 0) is 34.5 Å². The predicted molar refractivity (Wildman–Crippen MR) is 52.1 cm³/mol. The van der Waals surface area contributed by atoms with Crippen molar-refractivity contribution in [1.82, 2.24) is 0 Å². The van der Waals surface area contributed by atoms with E-state index in [9.17, 15) is 5.11 Å². The zero-order valence-electron chi connectivity index (χ0n) is 6.69. The summed E-state index contributed by atoms with van der Waals surface area (Å²) >= 11 is 9.01. The first kappa shape index (κ1) is 9.68. The van der Waals surface area contributed by atoms with Gasteiger partial charge in [0, 0.05) is 0 Å². The van der Waals surface area contributed by atoms with Gasteiger partial charge >= 0.3 is 0 Å². The van der Waals surface area contributed by atoms with Crippen LogP contribution < -0.4 is 4.74 Å². The molecule has 12 heavy (non-hydrogen) atoms. The molecule has 0 amide bonds. The third-order valence-corrected chi connectivity index (χ3v) is 3.04. The van der Waals surface area contributed by atoms with E-state index in [-0.39, 0.29) is 5.75 Å². The van der Waals surface area contributed by atoms with E-state index in [0.29, 0.717) is 15.2 Å². The summed E-state index contributed by atoms with van der Waals surface area (Å²) in [4.78, 5) is 0. The average Bonchev–Trinajstić information content (AvgIpc) is 2.08. The van der Waals surface area contributed by atoms with Gasteiger partial charge in [0.2, 0.25) is 0 Å². The van der Waals surface area contributed by atoms with Crippen LogP contribution in [0.5, 0.6) is 11.5 Å². The summed E-state index contributed by atoms with van der Waals surface area (Å²) in [5.74, 6) is 0.455. The topological polar surface area (TPSA) is 29.5 Å². The quantitative estimate of drug-likeness (QED) is 0.831. The first-order valence-electron chi connectivity index (χ1n) is 3.29. The van der Waals surface area contributed by atoms with E-state index in [4.69, 9.17) is 16.3 Å². The molecule has 0 aliphatic rings. The highest BCUT2D eigenvalue weighted by molar-refractivity contribution is 9.10. The molecule has 0 aliphatic carbocycles. The van der Waals surface area contributed by atoms with E-state index in [0.717, 1.165) is 5.56 Å². The van der Waals surface area contributed by atoms with E-state index in [1.54, 1.807) is 6.07 Å². The maximum Gasteiger partial charge on any atom is 0.173 e. The van der Waals surface area contributed by atoms with Crippen molar-refractivity contribution in [3.8, 4) is 11.5 Å². The molecule has 0 heterocycles. The highest BCUT2D eigenvalue weighted by Gasteiger charge is 2.11. The SMILES string of the molecule is COc1cc(C)c(Cl)c(Br)c1O. The van der Waals surface area contributed by atoms with Crippen LogP contribution in [0.15, 0.2) is 10.5 Å². The number of ether oxygens (including phenoxy) is 1. The third kappa shape index (κ3) is 1.52. The number of methoxy groups -OCH3 is 1. The lowest BCUT2D eigenvalue weighted by molar-refractivity contribution is 0.371. The van der Waals surface area contributed by atoms with Crippen LogP contribution in [0.25, 0.3) is 0 Å². The zero-order chi connectivity index (χ0) is 9.30. The van der Waals surface area contributed by atoms with Gasteiger partial charge in [0.25, 0.3) is 0 Å². The van der Waals surface area contributed by atoms with Gasteiger partial charge in [0.05, 0.1) is 16.6 Å². The van der Waals surface area contributed by atoms with Crippen molar-refractivity contribution in [1.29, 1.82) is 0 Å². The molecule has 1 N–H and O–H groups in total. The maximum absolute atomic E-state index is 9.45. The number of rotatable bonds is 1. The molecule has 1 aromatic carbocycles. The molecule has 0 saturated carbocycles. The number of benzene rings is 1. The van der Waals surface area contributed by atoms with Crippen LogP contribution in [-0.4, -0.2) is 12.2 Å². The minimum absolute atomic E-state index is 0.0353. The van der Waals surface area contributed by atoms with E-state index < -0.39 is 0 Å². The number of aromatic hydroxyl groups is 1. The highest BCUT2D eigenvalue weighted by atomic mass is 79.9. The van der Waals surface area contributed by atoms with Crippen molar-refractivity contribution in [2.75, 3.05) is 7.11 Å². The van der Waals surface area contributed by atoms with Crippen molar-refractivity contribution in [2.45, 2.75) is 6.92 Å². The van der Waals surface area contributed by atoms with Crippen LogP contribution in [0, 0.1) is 6.92 Å². The zero-order valence-corrected chi connectivity index (χ0v) is 9.03. The Morgan fingerprint density at radius 2 is 2.17 bits per heavy atom. The fourth-order valence-corrected chi connectivity index (χ4v) is 1.52. The molecule has 0 unspecified atom stereocenters. The largest absolute Gasteiger partial charge is 0.503 e. The highest BCUT2D eigenvalue weighted by Crippen LogP contribution is 2.40. The number of aryl methyl sites for hydroxylation is 1. The third-order valence-electron chi connectivity index (χ3n) is 1.55. The van der Waals surface area contributed by atoms with Gasteiger partial charge in [0.15, 0.2) is 11.5 Å². The summed E-state index contributed by atoms with van der Waals surface area (Å²) < 4.78 is 5.40.